The van der Waals surface area contributed by atoms with Crippen LogP contribution in [0.3, 0.4) is 0 Å². The van der Waals surface area contributed by atoms with E-state index in [0.717, 1.165) is 5.56 Å². The van der Waals surface area contributed by atoms with E-state index in [1.165, 1.54) is 6.33 Å². The molecule has 0 bridgehead atoms. The second kappa shape index (κ2) is 5.55. The van der Waals surface area contributed by atoms with Crippen LogP contribution in [0.5, 0.6) is 5.88 Å². The smallest absolute Gasteiger partial charge is 0.221 e. The molecule has 0 spiro atoms. The summed E-state index contributed by atoms with van der Waals surface area (Å²) in [7, 11) is 1.57. The fourth-order valence-electron chi connectivity index (χ4n) is 1.15. The molecule has 0 unspecified atom stereocenters. The summed E-state index contributed by atoms with van der Waals surface area (Å²) in [5, 5.41) is 3.20. The van der Waals surface area contributed by atoms with Gasteiger partial charge in [-0.05, 0) is 13.8 Å². The molecule has 1 aromatic heterocycles. The Bertz CT molecular complexity index is 356. The summed E-state index contributed by atoms with van der Waals surface area (Å²) in [5.41, 5.74) is 0.444. The van der Waals surface area contributed by atoms with Gasteiger partial charge in [-0.2, -0.15) is 0 Å². The number of methoxy groups -OCH3 is 1. The summed E-state index contributed by atoms with van der Waals surface area (Å²) in [6.45, 7) is 3.81. The zero-order valence-corrected chi connectivity index (χ0v) is 11.1. The predicted octanol–water partition coefficient (Wildman–Crippen LogP) is 2.44. The van der Waals surface area contributed by atoms with Gasteiger partial charge in [0, 0.05) is 11.8 Å². The monoisotopic (exact) mass is 263 g/mol. The molecule has 0 atom stereocenters. The summed E-state index contributed by atoms with van der Waals surface area (Å²) in [6.07, 6.45) is 1.44. The highest BCUT2D eigenvalue weighted by atomic mass is 35.5. The molecule has 0 amide bonds. The highest BCUT2D eigenvalue weighted by Gasteiger charge is 2.23. The van der Waals surface area contributed by atoms with Gasteiger partial charge in [-0.15, -0.1) is 23.2 Å². The number of alkyl halides is 2. The predicted molar refractivity (Wildman–Crippen MR) is 66.8 cm³/mol. The van der Waals surface area contributed by atoms with Gasteiger partial charge < -0.3 is 10.1 Å². The van der Waals surface area contributed by atoms with Crippen LogP contribution in [0, 0.1) is 6.92 Å². The van der Waals surface area contributed by atoms with Gasteiger partial charge in [-0.1, -0.05) is 0 Å². The lowest BCUT2D eigenvalue weighted by Gasteiger charge is -2.27. The van der Waals surface area contributed by atoms with Gasteiger partial charge in [0.05, 0.1) is 18.2 Å². The van der Waals surface area contributed by atoms with E-state index in [2.05, 4.69) is 15.3 Å². The van der Waals surface area contributed by atoms with Gasteiger partial charge in [-0.25, -0.2) is 9.97 Å². The largest absolute Gasteiger partial charge is 0.481 e. The molecule has 6 heteroatoms. The number of anilines is 1. The molecule has 4 nitrogen and oxygen atoms in total. The molecule has 1 rings (SSSR count). The average molecular weight is 264 g/mol. The normalized spacial score (nSPS) is 11.3. The third-order valence-corrected chi connectivity index (χ3v) is 3.42. The van der Waals surface area contributed by atoms with Gasteiger partial charge in [0.15, 0.2) is 0 Å². The molecule has 90 valence electrons. The van der Waals surface area contributed by atoms with Crippen molar-refractivity contribution in [2.75, 3.05) is 24.2 Å². The quantitative estimate of drug-likeness (QED) is 0.830. The zero-order chi connectivity index (χ0) is 12.2. The van der Waals surface area contributed by atoms with Crippen molar-refractivity contribution in [3.05, 3.63) is 11.9 Å². The number of nitrogens with one attached hydrogen (secondary N) is 1. The number of hydrogen-bond donors (Lipinski definition) is 1. The highest BCUT2D eigenvalue weighted by Crippen LogP contribution is 2.24. The molecular formula is C10H15Cl2N3O. The number of ether oxygens (including phenoxy) is 1. The Morgan fingerprint density at radius 3 is 2.50 bits per heavy atom. The molecule has 0 fully saturated rings. The van der Waals surface area contributed by atoms with Crippen LogP contribution in [0.2, 0.25) is 0 Å². The molecular weight excluding hydrogens is 249 g/mol. The number of halogens is 2. The van der Waals surface area contributed by atoms with E-state index in [1.807, 2.05) is 13.8 Å². The van der Waals surface area contributed by atoms with Crippen molar-refractivity contribution in [3.63, 3.8) is 0 Å². The van der Waals surface area contributed by atoms with Gasteiger partial charge in [0.1, 0.15) is 12.1 Å². The summed E-state index contributed by atoms with van der Waals surface area (Å²) in [6, 6.07) is 0. The van der Waals surface area contributed by atoms with Gasteiger partial charge in [0.2, 0.25) is 5.88 Å². The maximum Gasteiger partial charge on any atom is 0.221 e. The van der Waals surface area contributed by atoms with E-state index >= 15 is 0 Å². The van der Waals surface area contributed by atoms with Crippen molar-refractivity contribution in [1.29, 1.82) is 0 Å². The van der Waals surface area contributed by atoms with Crippen molar-refractivity contribution in [1.82, 2.24) is 9.97 Å². The van der Waals surface area contributed by atoms with Crippen LogP contribution in [-0.2, 0) is 0 Å². The molecule has 0 saturated heterocycles. The van der Waals surface area contributed by atoms with Crippen molar-refractivity contribution in [2.24, 2.45) is 0 Å². The Morgan fingerprint density at radius 1 is 1.38 bits per heavy atom. The Kier molecular flexibility index (Phi) is 4.62. The first kappa shape index (κ1) is 13.3. The van der Waals surface area contributed by atoms with E-state index < -0.39 is 5.54 Å². The lowest BCUT2D eigenvalue weighted by Crippen LogP contribution is -2.39. The van der Waals surface area contributed by atoms with Crippen molar-refractivity contribution < 1.29 is 4.74 Å². The minimum atomic E-state index is -0.396. The van der Waals surface area contributed by atoms with E-state index in [0.29, 0.717) is 23.5 Å². The molecule has 0 aromatic carbocycles. The lowest BCUT2D eigenvalue weighted by atomic mass is 10.1. The van der Waals surface area contributed by atoms with Crippen LogP contribution in [0.15, 0.2) is 6.33 Å². The third-order valence-electron chi connectivity index (χ3n) is 2.24. The Balaban J connectivity index is 2.97. The topological polar surface area (TPSA) is 47.0 Å². The van der Waals surface area contributed by atoms with Gasteiger partial charge >= 0.3 is 0 Å². The number of rotatable bonds is 5. The summed E-state index contributed by atoms with van der Waals surface area (Å²) in [5.74, 6) is 2.02. The van der Waals surface area contributed by atoms with Gasteiger partial charge in [-0.3, -0.25) is 0 Å². The first-order valence-corrected chi connectivity index (χ1v) is 5.89. The Hall–Kier alpha value is -0.740. The fourth-order valence-corrected chi connectivity index (χ4v) is 1.57. The SMILES string of the molecule is COc1ncnc(NC(C)(CCl)CCl)c1C. The fraction of sp³-hybridized carbons (Fsp3) is 0.600. The first-order chi connectivity index (χ1) is 7.56. The second-order valence-corrected chi connectivity index (χ2v) is 4.34. The number of hydrogen-bond acceptors (Lipinski definition) is 4. The summed E-state index contributed by atoms with van der Waals surface area (Å²) < 4.78 is 5.11. The molecule has 0 aliphatic heterocycles. The Labute approximate surface area is 105 Å². The number of aromatic nitrogens is 2. The zero-order valence-electron chi connectivity index (χ0n) is 9.55. The van der Waals surface area contributed by atoms with Crippen LogP contribution >= 0.6 is 23.2 Å². The summed E-state index contributed by atoms with van der Waals surface area (Å²) >= 11 is 11.7. The molecule has 1 N–H and O–H groups in total. The van der Waals surface area contributed by atoms with Crippen molar-refractivity contribution in [3.8, 4) is 5.88 Å². The van der Waals surface area contributed by atoms with Crippen LogP contribution < -0.4 is 10.1 Å². The average Bonchev–Trinajstić information content (AvgIpc) is 2.32. The third kappa shape index (κ3) is 2.89. The minimum Gasteiger partial charge on any atom is -0.481 e. The van der Waals surface area contributed by atoms with Crippen molar-refractivity contribution in [2.45, 2.75) is 19.4 Å². The van der Waals surface area contributed by atoms with E-state index in [-0.39, 0.29) is 0 Å². The first-order valence-electron chi connectivity index (χ1n) is 4.82. The lowest BCUT2D eigenvalue weighted by molar-refractivity contribution is 0.393. The Morgan fingerprint density at radius 2 is 2.00 bits per heavy atom. The van der Waals surface area contributed by atoms with Crippen molar-refractivity contribution >= 4 is 29.0 Å². The molecule has 1 aromatic rings. The van der Waals surface area contributed by atoms with Crippen LogP contribution in [0.4, 0.5) is 5.82 Å². The van der Waals surface area contributed by atoms with Crippen LogP contribution in [0.1, 0.15) is 12.5 Å². The summed E-state index contributed by atoms with van der Waals surface area (Å²) in [4.78, 5) is 8.15. The molecule has 0 radical (unpaired) electrons. The van der Waals surface area contributed by atoms with Crippen LogP contribution in [-0.4, -0.2) is 34.4 Å². The minimum absolute atomic E-state index is 0.391. The molecule has 16 heavy (non-hydrogen) atoms. The van der Waals surface area contributed by atoms with E-state index in [4.69, 9.17) is 27.9 Å². The molecule has 0 saturated carbocycles. The van der Waals surface area contributed by atoms with Gasteiger partial charge in [0.25, 0.3) is 0 Å². The highest BCUT2D eigenvalue weighted by molar-refractivity contribution is 6.22. The standard InChI is InChI=1S/C10H15Cl2N3O/c1-7-8(13-6-14-9(7)16-3)15-10(2,4-11)5-12/h6H,4-5H2,1-3H3,(H,13,14,15). The molecule has 1 heterocycles. The molecule has 0 aliphatic rings. The van der Waals surface area contributed by atoms with E-state index in [9.17, 15) is 0 Å². The van der Waals surface area contributed by atoms with Crippen LogP contribution in [0.25, 0.3) is 0 Å². The van der Waals surface area contributed by atoms with E-state index in [1.54, 1.807) is 7.11 Å². The maximum atomic E-state index is 5.86. The molecule has 0 aliphatic carbocycles. The number of nitrogens with zero attached hydrogens (tertiary/aromatic N) is 2. The maximum absolute atomic E-state index is 5.86. The second-order valence-electron chi connectivity index (χ2n) is 3.81.